The number of amides is 1. The average Bonchev–Trinajstić information content (AvgIpc) is 2.90. The highest BCUT2D eigenvalue weighted by Gasteiger charge is 2.48. The smallest absolute Gasteiger partial charge is 0.256 e. The minimum absolute atomic E-state index is 0.0981. The van der Waals surface area contributed by atoms with Crippen molar-refractivity contribution in [2.45, 2.75) is 38.3 Å². The molecule has 0 aliphatic carbocycles. The molecular weight excluding hydrogens is 365 g/mol. The van der Waals surface area contributed by atoms with Crippen LogP contribution in [-0.4, -0.2) is 35.5 Å². The van der Waals surface area contributed by atoms with Crippen LogP contribution >= 0.6 is 0 Å². The molecular formula is C22H23F3N2O. The molecule has 1 amide bonds. The number of halogens is 3. The minimum atomic E-state index is -0.833. The third-order valence-electron chi connectivity index (χ3n) is 5.97. The number of fused-ring (bicyclic) bond motifs is 1. The van der Waals surface area contributed by atoms with Crippen LogP contribution in [0.3, 0.4) is 0 Å². The highest BCUT2D eigenvalue weighted by Crippen LogP contribution is 2.44. The standard InChI is InChI=1S/C22H23F3N2O/c1-22(2)12-14-13-26(21(28)18-7-6-16(24)11-19(18)25)9-8-20(14)27(22)17-5-3-4-15(23)10-17/h3-7,10-11,14,20H,8-9,12-13H2,1-2H3/t14-,20+/m1/s1. The first kappa shape index (κ1) is 18.8. The zero-order valence-electron chi connectivity index (χ0n) is 16.0. The van der Waals surface area contributed by atoms with Gasteiger partial charge in [0.05, 0.1) is 5.56 Å². The summed E-state index contributed by atoms with van der Waals surface area (Å²) in [6.45, 7) is 5.25. The molecule has 2 atom stereocenters. The molecule has 0 saturated carbocycles. The van der Waals surface area contributed by atoms with Gasteiger partial charge in [0.25, 0.3) is 5.91 Å². The summed E-state index contributed by atoms with van der Waals surface area (Å²) in [5.41, 5.74) is 0.574. The summed E-state index contributed by atoms with van der Waals surface area (Å²) in [5, 5.41) is 0. The summed E-state index contributed by atoms with van der Waals surface area (Å²) < 4.78 is 41.0. The first-order valence-electron chi connectivity index (χ1n) is 9.55. The molecule has 0 unspecified atom stereocenters. The quantitative estimate of drug-likeness (QED) is 0.749. The van der Waals surface area contributed by atoms with Crippen molar-refractivity contribution in [2.24, 2.45) is 5.92 Å². The van der Waals surface area contributed by atoms with Gasteiger partial charge < -0.3 is 9.80 Å². The molecule has 2 heterocycles. The number of carbonyl (C=O) groups is 1. The number of piperidine rings is 1. The second kappa shape index (κ2) is 6.83. The Morgan fingerprint density at radius 3 is 2.54 bits per heavy atom. The fourth-order valence-electron chi connectivity index (χ4n) is 4.93. The number of nitrogens with zero attached hydrogens (tertiary/aromatic N) is 2. The number of rotatable bonds is 2. The van der Waals surface area contributed by atoms with Gasteiger partial charge in [0.1, 0.15) is 17.5 Å². The predicted octanol–water partition coefficient (Wildman–Crippen LogP) is 4.62. The third kappa shape index (κ3) is 3.25. The van der Waals surface area contributed by atoms with Crippen LogP contribution < -0.4 is 4.90 Å². The van der Waals surface area contributed by atoms with Gasteiger partial charge in [-0.25, -0.2) is 13.2 Å². The molecule has 2 fully saturated rings. The van der Waals surface area contributed by atoms with Gasteiger partial charge in [-0.05, 0) is 62.9 Å². The van der Waals surface area contributed by atoms with Crippen molar-refractivity contribution in [2.75, 3.05) is 18.0 Å². The van der Waals surface area contributed by atoms with E-state index in [0.717, 1.165) is 30.7 Å². The number of hydrogen-bond donors (Lipinski definition) is 0. The van der Waals surface area contributed by atoms with E-state index in [1.54, 1.807) is 17.0 Å². The molecule has 0 bridgehead atoms. The SMILES string of the molecule is CC1(C)C[C@@H]2CN(C(=O)c3ccc(F)cc3F)CC[C@@H]2N1c1cccc(F)c1. The average molecular weight is 388 g/mol. The van der Waals surface area contributed by atoms with Crippen LogP contribution in [0, 0.1) is 23.4 Å². The first-order chi connectivity index (χ1) is 13.3. The Labute approximate surface area is 162 Å². The van der Waals surface area contributed by atoms with Crippen LogP contribution in [0.5, 0.6) is 0 Å². The van der Waals surface area contributed by atoms with Crippen molar-refractivity contribution in [3.63, 3.8) is 0 Å². The van der Waals surface area contributed by atoms with Gasteiger partial charge in [0.2, 0.25) is 0 Å². The van der Waals surface area contributed by atoms with Gasteiger partial charge in [-0.3, -0.25) is 4.79 Å². The topological polar surface area (TPSA) is 23.6 Å². The lowest BCUT2D eigenvalue weighted by Crippen LogP contribution is -2.50. The van der Waals surface area contributed by atoms with Gasteiger partial charge in [-0.1, -0.05) is 6.07 Å². The van der Waals surface area contributed by atoms with Crippen molar-refractivity contribution in [3.05, 3.63) is 65.5 Å². The van der Waals surface area contributed by atoms with Crippen molar-refractivity contribution in [1.29, 1.82) is 0 Å². The van der Waals surface area contributed by atoms with Gasteiger partial charge in [-0.2, -0.15) is 0 Å². The van der Waals surface area contributed by atoms with Crippen molar-refractivity contribution in [1.82, 2.24) is 4.90 Å². The highest BCUT2D eigenvalue weighted by atomic mass is 19.1. The first-order valence-corrected chi connectivity index (χ1v) is 9.55. The molecule has 2 aromatic carbocycles. The van der Waals surface area contributed by atoms with E-state index < -0.39 is 17.5 Å². The zero-order chi connectivity index (χ0) is 20.1. The Hall–Kier alpha value is -2.50. The number of hydrogen-bond acceptors (Lipinski definition) is 2. The molecule has 2 aromatic rings. The van der Waals surface area contributed by atoms with Crippen LogP contribution in [-0.2, 0) is 0 Å². The lowest BCUT2D eigenvalue weighted by Gasteiger charge is -2.42. The van der Waals surface area contributed by atoms with E-state index in [0.29, 0.717) is 13.1 Å². The third-order valence-corrected chi connectivity index (χ3v) is 5.97. The summed E-state index contributed by atoms with van der Waals surface area (Å²) >= 11 is 0. The Morgan fingerprint density at radius 2 is 1.82 bits per heavy atom. The highest BCUT2D eigenvalue weighted by molar-refractivity contribution is 5.94. The van der Waals surface area contributed by atoms with Gasteiger partial charge >= 0.3 is 0 Å². The second-order valence-electron chi connectivity index (χ2n) is 8.36. The van der Waals surface area contributed by atoms with Crippen LogP contribution in [0.15, 0.2) is 42.5 Å². The molecule has 6 heteroatoms. The summed E-state index contributed by atoms with van der Waals surface area (Å²) in [6, 6.07) is 9.86. The number of carbonyl (C=O) groups excluding carboxylic acids is 1. The maximum atomic E-state index is 14.0. The van der Waals surface area contributed by atoms with E-state index in [9.17, 15) is 18.0 Å². The number of anilines is 1. The molecule has 0 radical (unpaired) electrons. The Bertz CT molecular complexity index is 914. The summed E-state index contributed by atoms with van der Waals surface area (Å²) in [5.74, 6) is -2.00. The fourth-order valence-corrected chi connectivity index (χ4v) is 4.93. The molecule has 148 valence electrons. The van der Waals surface area contributed by atoms with E-state index in [4.69, 9.17) is 0 Å². The molecule has 4 rings (SSSR count). The lowest BCUT2D eigenvalue weighted by molar-refractivity contribution is 0.0662. The van der Waals surface area contributed by atoms with Crippen molar-refractivity contribution < 1.29 is 18.0 Å². The number of benzene rings is 2. The zero-order valence-corrected chi connectivity index (χ0v) is 16.0. The van der Waals surface area contributed by atoms with Crippen LogP contribution in [0.1, 0.15) is 37.0 Å². The molecule has 2 aliphatic rings. The largest absolute Gasteiger partial charge is 0.363 e. The fraction of sp³-hybridized carbons (Fsp3) is 0.409. The monoisotopic (exact) mass is 388 g/mol. The molecule has 28 heavy (non-hydrogen) atoms. The normalized spacial score (nSPS) is 23.6. The lowest BCUT2D eigenvalue weighted by atomic mass is 9.89. The van der Waals surface area contributed by atoms with E-state index in [1.807, 2.05) is 6.07 Å². The van der Waals surface area contributed by atoms with Crippen LogP contribution in [0.25, 0.3) is 0 Å². The van der Waals surface area contributed by atoms with Crippen LogP contribution in [0.4, 0.5) is 18.9 Å². The van der Waals surface area contributed by atoms with Gasteiger partial charge in [0, 0.05) is 36.4 Å². The van der Waals surface area contributed by atoms with Crippen molar-refractivity contribution >= 4 is 11.6 Å². The van der Waals surface area contributed by atoms with Crippen LogP contribution in [0.2, 0.25) is 0 Å². The summed E-state index contributed by atoms with van der Waals surface area (Å²) in [6.07, 6.45) is 1.57. The predicted molar refractivity (Wildman–Crippen MR) is 102 cm³/mol. The Morgan fingerprint density at radius 1 is 1.07 bits per heavy atom. The molecule has 2 aliphatic heterocycles. The Balaban J connectivity index is 1.56. The molecule has 0 aromatic heterocycles. The van der Waals surface area contributed by atoms with E-state index in [2.05, 4.69) is 18.7 Å². The van der Waals surface area contributed by atoms with Gasteiger partial charge in [-0.15, -0.1) is 0 Å². The second-order valence-corrected chi connectivity index (χ2v) is 8.36. The molecule has 0 spiro atoms. The molecule has 0 N–H and O–H groups in total. The maximum Gasteiger partial charge on any atom is 0.256 e. The van der Waals surface area contributed by atoms with E-state index in [-0.39, 0.29) is 28.9 Å². The maximum absolute atomic E-state index is 14.0. The molecule has 3 nitrogen and oxygen atoms in total. The summed E-state index contributed by atoms with van der Waals surface area (Å²) in [4.78, 5) is 16.7. The molecule has 2 saturated heterocycles. The van der Waals surface area contributed by atoms with Gasteiger partial charge in [0.15, 0.2) is 0 Å². The number of likely N-dealkylation sites (tertiary alicyclic amines) is 1. The van der Waals surface area contributed by atoms with Crippen molar-refractivity contribution in [3.8, 4) is 0 Å². The van der Waals surface area contributed by atoms with E-state index >= 15 is 0 Å². The summed E-state index contributed by atoms with van der Waals surface area (Å²) in [7, 11) is 0. The van der Waals surface area contributed by atoms with E-state index in [1.165, 1.54) is 12.1 Å². The minimum Gasteiger partial charge on any atom is -0.363 e. The Kier molecular flexibility index (Phi) is 4.60.